The van der Waals surface area contributed by atoms with Crippen LogP contribution in [0.15, 0.2) is 24.3 Å². The van der Waals surface area contributed by atoms with Gasteiger partial charge in [-0.05, 0) is 32.1 Å². The Morgan fingerprint density at radius 2 is 0.562 bits per heavy atom. The number of aliphatic hydroxyl groups is 3. The molecular weight excluding hydrogens is 895 g/mol. The topological polar surface area (TPSA) is 89.8 Å². The van der Waals surface area contributed by atoms with Gasteiger partial charge in [-0.15, -0.1) is 0 Å². The Labute approximate surface area is 458 Å². The largest absolute Gasteiger partial charge is 0.394 e. The smallest absolute Gasteiger partial charge is 0.249 e. The van der Waals surface area contributed by atoms with Gasteiger partial charge in [-0.25, -0.2) is 0 Å². The quantitative estimate of drug-likeness (QED) is 0.0361. The minimum Gasteiger partial charge on any atom is -0.394 e. The van der Waals surface area contributed by atoms with Gasteiger partial charge in [-0.2, -0.15) is 0 Å². The highest BCUT2D eigenvalue weighted by molar-refractivity contribution is 5.80. The number of hydrogen-bond donors (Lipinski definition) is 4. The first-order valence-corrected chi connectivity index (χ1v) is 33.7. The van der Waals surface area contributed by atoms with Gasteiger partial charge in [0.2, 0.25) is 5.91 Å². The molecule has 0 fully saturated rings. The summed E-state index contributed by atoms with van der Waals surface area (Å²) in [4.78, 5) is 12.6. The SMILES string of the molecule is CCCCCCCCCCCCCCCCCCCCC/C=C/CC/C=C/C(O)C(CO)NC(=O)C(O)CCCCCCCCCCCCCCCCCCCCCCCCCCCCCCCCCCCC. The van der Waals surface area contributed by atoms with Crippen molar-refractivity contribution in [1.82, 2.24) is 5.32 Å². The summed E-state index contributed by atoms with van der Waals surface area (Å²) in [5, 5.41) is 33.5. The number of carbonyl (C=O) groups excluding carboxylic acids is 1. The second-order valence-electron chi connectivity index (χ2n) is 23.4. The molecule has 434 valence electrons. The van der Waals surface area contributed by atoms with Crippen LogP contribution in [0.3, 0.4) is 0 Å². The molecule has 0 bridgehead atoms. The lowest BCUT2D eigenvalue weighted by Gasteiger charge is -2.21. The molecule has 0 spiro atoms. The van der Waals surface area contributed by atoms with E-state index in [4.69, 9.17) is 0 Å². The molecular formula is C68H133NO4. The lowest BCUT2D eigenvalue weighted by Crippen LogP contribution is -2.48. The number of allylic oxidation sites excluding steroid dienone is 3. The van der Waals surface area contributed by atoms with Gasteiger partial charge in [0.05, 0.1) is 18.8 Å². The minimum atomic E-state index is -1.10. The average molecular weight is 1030 g/mol. The summed E-state index contributed by atoms with van der Waals surface area (Å²) in [7, 11) is 0. The van der Waals surface area contributed by atoms with Crippen LogP contribution in [0, 0.1) is 0 Å². The van der Waals surface area contributed by atoms with Crippen molar-refractivity contribution >= 4 is 5.91 Å². The third-order valence-electron chi connectivity index (χ3n) is 16.0. The number of rotatable bonds is 63. The molecule has 0 heterocycles. The predicted octanol–water partition coefficient (Wildman–Crippen LogP) is 21.6. The van der Waals surface area contributed by atoms with Gasteiger partial charge >= 0.3 is 0 Å². The highest BCUT2D eigenvalue weighted by atomic mass is 16.3. The van der Waals surface area contributed by atoms with Gasteiger partial charge in [-0.3, -0.25) is 4.79 Å². The molecule has 0 aromatic rings. The maximum absolute atomic E-state index is 12.6. The second-order valence-corrected chi connectivity index (χ2v) is 23.4. The van der Waals surface area contributed by atoms with Gasteiger partial charge < -0.3 is 20.6 Å². The van der Waals surface area contributed by atoms with Crippen LogP contribution in [0.1, 0.15) is 380 Å². The molecule has 0 radical (unpaired) electrons. The maximum Gasteiger partial charge on any atom is 0.249 e. The Bertz CT molecular complexity index is 1090. The van der Waals surface area contributed by atoms with Gasteiger partial charge in [0, 0.05) is 0 Å². The Morgan fingerprint density at radius 3 is 0.836 bits per heavy atom. The molecule has 0 aromatic carbocycles. The minimum absolute atomic E-state index is 0.372. The van der Waals surface area contributed by atoms with Crippen molar-refractivity contribution in [3.05, 3.63) is 24.3 Å². The molecule has 1 amide bonds. The molecule has 0 aliphatic heterocycles. The number of aliphatic hydroxyl groups excluding tert-OH is 3. The molecule has 0 saturated carbocycles. The number of unbranched alkanes of at least 4 members (excludes halogenated alkanes) is 53. The first-order valence-electron chi connectivity index (χ1n) is 33.7. The van der Waals surface area contributed by atoms with E-state index in [9.17, 15) is 20.1 Å². The van der Waals surface area contributed by atoms with Crippen LogP contribution in [0.4, 0.5) is 0 Å². The van der Waals surface area contributed by atoms with Crippen molar-refractivity contribution in [2.75, 3.05) is 6.61 Å². The van der Waals surface area contributed by atoms with E-state index in [1.54, 1.807) is 6.08 Å². The van der Waals surface area contributed by atoms with Crippen LogP contribution < -0.4 is 5.32 Å². The van der Waals surface area contributed by atoms with Crippen LogP contribution in [0.25, 0.3) is 0 Å². The fourth-order valence-corrected chi connectivity index (χ4v) is 10.9. The van der Waals surface area contributed by atoms with Crippen LogP contribution in [0.5, 0.6) is 0 Å². The summed E-state index contributed by atoms with van der Waals surface area (Å²) in [6, 6.07) is -0.814. The van der Waals surface area contributed by atoms with Crippen molar-refractivity contribution in [2.45, 2.75) is 398 Å². The van der Waals surface area contributed by atoms with E-state index in [-0.39, 0.29) is 6.61 Å². The molecule has 0 rings (SSSR count). The number of carbonyl (C=O) groups is 1. The van der Waals surface area contributed by atoms with Crippen molar-refractivity contribution < 1.29 is 20.1 Å². The van der Waals surface area contributed by atoms with Crippen molar-refractivity contribution in [3.63, 3.8) is 0 Å². The normalized spacial score (nSPS) is 13.2. The molecule has 0 aromatic heterocycles. The van der Waals surface area contributed by atoms with E-state index >= 15 is 0 Å². The van der Waals surface area contributed by atoms with Crippen LogP contribution in [-0.4, -0.2) is 46.1 Å². The predicted molar refractivity (Wildman–Crippen MR) is 324 cm³/mol. The zero-order valence-electron chi connectivity index (χ0n) is 49.8. The van der Waals surface area contributed by atoms with Crippen molar-refractivity contribution in [3.8, 4) is 0 Å². The number of hydrogen-bond acceptors (Lipinski definition) is 4. The number of nitrogens with one attached hydrogen (secondary N) is 1. The van der Waals surface area contributed by atoms with E-state index < -0.39 is 24.2 Å². The van der Waals surface area contributed by atoms with Crippen LogP contribution >= 0.6 is 0 Å². The fraction of sp³-hybridized carbons (Fsp3) is 0.926. The van der Waals surface area contributed by atoms with Gasteiger partial charge in [-0.1, -0.05) is 372 Å². The molecule has 3 atom stereocenters. The molecule has 0 aliphatic rings. The second kappa shape index (κ2) is 63.4. The van der Waals surface area contributed by atoms with Gasteiger partial charge in [0.15, 0.2) is 0 Å². The van der Waals surface area contributed by atoms with Crippen molar-refractivity contribution in [1.29, 1.82) is 0 Å². The lowest BCUT2D eigenvalue weighted by molar-refractivity contribution is -0.131. The molecule has 5 heteroatoms. The molecule has 0 saturated heterocycles. The zero-order valence-corrected chi connectivity index (χ0v) is 49.8. The summed E-state index contributed by atoms with van der Waals surface area (Å²) >= 11 is 0. The zero-order chi connectivity index (χ0) is 52.9. The van der Waals surface area contributed by atoms with Gasteiger partial charge in [0.1, 0.15) is 6.10 Å². The molecule has 5 nitrogen and oxygen atoms in total. The van der Waals surface area contributed by atoms with E-state index in [0.717, 1.165) is 38.5 Å². The van der Waals surface area contributed by atoms with E-state index in [2.05, 4.69) is 31.3 Å². The molecule has 4 N–H and O–H groups in total. The van der Waals surface area contributed by atoms with Crippen molar-refractivity contribution in [2.24, 2.45) is 0 Å². The van der Waals surface area contributed by atoms with Crippen LogP contribution in [0.2, 0.25) is 0 Å². The first-order chi connectivity index (χ1) is 36.1. The first kappa shape index (κ1) is 71.8. The Hall–Kier alpha value is -1.17. The van der Waals surface area contributed by atoms with Crippen LogP contribution in [-0.2, 0) is 4.79 Å². The molecule has 3 unspecified atom stereocenters. The summed E-state index contributed by atoms with van der Waals surface area (Å²) in [5.74, 6) is -0.504. The average Bonchev–Trinajstić information content (AvgIpc) is 3.40. The van der Waals surface area contributed by atoms with E-state index in [1.807, 2.05) is 6.08 Å². The maximum atomic E-state index is 12.6. The Balaban J connectivity index is 3.50. The standard InChI is InChI=1S/C68H133NO4/c1-3-5-7-9-11-13-15-17-19-21-23-25-27-29-30-31-32-33-34-35-36-37-39-41-43-45-47-49-51-53-55-57-59-61-63-67(72)68(73)69-65(64-70)66(71)62-60-58-56-54-52-50-48-46-44-42-40-38-28-26-24-22-20-18-16-14-12-10-8-6-4-2/h52,54,60,62,65-67,70-72H,3-51,53,55-59,61,63-64H2,1-2H3,(H,69,73)/b54-52+,62-60+. The van der Waals surface area contributed by atoms with Gasteiger partial charge in [0.25, 0.3) is 0 Å². The summed E-state index contributed by atoms with van der Waals surface area (Å²) in [6.07, 6.45) is 83.2. The summed E-state index contributed by atoms with van der Waals surface area (Å²) in [6.45, 7) is 4.23. The third kappa shape index (κ3) is 58.4. The van der Waals surface area contributed by atoms with E-state index in [1.165, 1.54) is 321 Å². The molecule has 0 aliphatic carbocycles. The summed E-state index contributed by atoms with van der Waals surface area (Å²) < 4.78 is 0. The third-order valence-corrected chi connectivity index (χ3v) is 16.0. The molecule has 73 heavy (non-hydrogen) atoms. The fourth-order valence-electron chi connectivity index (χ4n) is 10.9. The Kier molecular flexibility index (Phi) is 62.3. The summed E-state index contributed by atoms with van der Waals surface area (Å²) in [5.41, 5.74) is 0. The number of amides is 1. The Morgan fingerprint density at radius 1 is 0.329 bits per heavy atom. The highest BCUT2D eigenvalue weighted by Crippen LogP contribution is 2.19. The highest BCUT2D eigenvalue weighted by Gasteiger charge is 2.22. The monoisotopic (exact) mass is 1030 g/mol. The lowest BCUT2D eigenvalue weighted by atomic mass is 10.0. The van der Waals surface area contributed by atoms with E-state index in [0.29, 0.717) is 6.42 Å².